The summed E-state index contributed by atoms with van der Waals surface area (Å²) >= 11 is 6.81. The number of nitrogens with one attached hydrogen (secondary N) is 1. The second kappa shape index (κ2) is 12.9. The van der Waals surface area contributed by atoms with Gasteiger partial charge in [-0.2, -0.15) is 23.3 Å². The Morgan fingerprint density at radius 1 is 1.07 bits per heavy atom. The van der Waals surface area contributed by atoms with Crippen LogP contribution in [0.5, 0.6) is 0 Å². The van der Waals surface area contributed by atoms with Crippen molar-refractivity contribution in [3.8, 4) is 16.8 Å². The second-order valence-electron chi connectivity index (χ2n) is 9.92. The number of carboxylic acid groups (broad SMARTS) is 1. The molecule has 0 saturated carbocycles. The van der Waals surface area contributed by atoms with Gasteiger partial charge in [0.15, 0.2) is 0 Å². The van der Waals surface area contributed by atoms with E-state index in [1.165, 1.54) is 0 Å². The molecule has 1 aliphatic rings. The van der Waals surface area contributed by atoms with Gasteiger partial charge in [0, 0.05) is 53.7 Å². The zero-order valence-corrected chi connectivity index (χ0v) is 24.3. The van der Waals surface area contributed by atoms with Crippen molar-refractivity contribution in [2.45, 2.75) is 26.1 Å². The summed E-state index contributed by atoms with van der Waals surface area (Å²) in [6.45, 7) is 7.16. The standard InChI is InChI=1S/C26H26ClN9O.C2HF3O2/c1-17(2)35-15-19(14-30-35)22-8-3-18-13-28-25(32-24(18)23(22)27)31-20-4-6-21(7-5-20)36-16-29-26(33-36)34-9-11-37-12-10-34;3-2(4,5)1(6)7/h3-8,13-17H,9-12H2,1-2H3,(H,28,31,32);(H,6,7). The zero-order valence-electron chi connectivity index (χ0n) is 23.5. The van der Waals surface area contributed by atoms with Gasteiger partial charge in [-0.1, -0.05) is 23.7 Å². The SMILES string of the molecule is CC(C)n1cc(-c2ccc3cnc(Nc4ccc(-n5cnc(N6CCOCC6)n5)cc4)nc3c2Cl)cn1.O=C(O)C(F)(F)F. The lowest BCUT2D eigenvalue weighted by molar-refractivity contribution is -0.192. The topological polar surface area (TPSA) is 136 Å². The van der Waals surface area contributed by atoms with E-state index in [1.54, 1.807) is 17.2 Å². The molecule has 6 rings (SSSR count). The third-order valence-electron chi connectivity index (χ3n) is 6.54. The summed E-state index contributed by atoms with van der Waals surface area (Å²) in [7, 11) is 0. The first-order chi connectivity index (χ1) is 21.0. The number of nitrogens with zero attached hydrogens (tertiary/aromatic N) is 8. The fourth-order valence-corrected chi connectivity index (χ4v) is 4.54. The third-order valence-corrected chi connectivity index (χ3v) is 6.92. The van der Waals surface area contributed by atoms with Crippen LogP contribution in [0.3, 0.4) is 0 Å². The number of carbonyl (C=O) groups is 1. The maximum Gasteiger partial charge on any atom is 0.490 e. The van der Waals surface area contributed by atoms with Crippen molar-refractivity contribution in [3.63, 3.8) is 0 Å². The van der Waals surface area contributed by atoms with Crippen molar-refractivity contribution >= 4 is 46.1 Å². The van der Waals surface area contributed by atoms with Crippen molar-refractivity contribution < 1.29 is 27.8 Å². The lowest BCUT2D eigenvalue weighted by atomic mass is 10.1. The minimum absolute atomic E-state index is 0.272. The van der Waals surface area contributed by atoms with Crippen molar-refractivity contribution in [1.82, 2.24) is 34.5 Å². The molecule has 0 aliphatic carbocycles. The summed E-state index contributed by atoms with van der Waals surface area (Å²) in [4.78, 5) is 24.6. The molecule has 0 atom stereocenters. The molecule has 230 valence electrons. The van der Waals surface area contributed by atoms with E-state index < -0.39 is 12.1 Å². The molecule has 16 heteroatoms. The number of anilines is 3. The number of fused-ring (bicyclic) bond motifs is 1. The van der Waals surface area contributed by atoms with E-state index >= 15 is 0 Å². The number of hydrogen-bond acceptors (Lipinski definition) is 9. The van der Waals surface area contributed by atoms with E-state index in [0.29, 0.717) is 35.6 Å². The monoisotopic (exact) mass is 629 g/mol. The quantitative estimate of drug-likeness (QED) is 0.247. The normalized spacial score (nSPS) is 13.6. The number of halogens is 4. The number of rotatable bonds is 6. The van der Waals surface area contributed by atoms with Gasteiger partial charge in [0.25, 0.3) is 0 Å². The molecule has 0 spiro atoms. The van der Waals surface area contributed by atoms with Gasteiger partial charge in [-0.3, -0.25) is 4.68 Å². The molecule has 3 aromatic heterocycles. The fourth-order valence-electron chi connectivity index (χ4n) is 4.22. The van der Waals surface area contributed by atoms with Gasteiger partial charge < -0.3 is 20.1 Å². The lowest BCUT2D eigenvalue weighted by Gasteiger charge is -2.25. The van der Waals surface area contributed by atoms with Crippen LogP contribution in [0.4, 0.5) is 30.8 Å². The number of ether oxygens (including phenoxy) is 1. The molecule has 0 bridgehead atoms. The van der Waals surface area contributed by atoms with E-state index in [9.17, 15) is 13.2 Å². The minimum Gasteiger partial charge on any atom is -0.475 e. The Bertz CT molecular complexity index is 1750. The van der Waals surface area contributed by atoms with Gasteiger partial charge in [-0.25, -0.2) is 19.4 Å². The van der Waals surface area contributed by atoms with Crippen LogP contribution in [0.1, 0.15) is 19.9 Å². The number of benzene rings is 2. The molecule has 12 nitrogen and oxygen atoms in total. The summed E-state index contributed by atoms with van der Waals surface area (Å²) in [5, 5.41) is 20.9. The maximum atomic E-state index is 10.6. The highest BCUT2D eigenvalue weighted by molar-refractivity contribution is 6.37. The number of alkyl halides is 3. The first kappa shape index (κ1) is 30.7. The highest BCUT2D eigenvalue weighted by atomic mass is 35.5. The van der Waals surface area contributed by atoms with Gasteiger partial charge in [0.05, 0.1) is 35.6 Å². The van der Waals surface area contributed by atoms with Crippen LogP contribution in [-0.2, 0) is 9.53 Å². The summed E-state index contributed by atoms with van der Waals surface area (Å²) in [5.41, 5.74) is 4.28. The van der Waals surface area contributed by atoms with Gasteiger partial charge in [-0.05, 0) is 38.1 Å². The highest BCUT2D eigenvalue weighted by Gasteiger charge is 2.38. The Morgan fingerprint density at radius 3 is 2.41 bits per heavy atom. The minimum atomic E-state index is -5.08. The molecule has 1 fully saturated rings. The smallest absolute Gasteiger partial charge is 0.475 e. The van der Waals surface area contributed by atoms with Crippen LogP contribution in [0.25, 0.3) is 27.7 Å². The van der Waals surface area contributed by atoms with Crippen molar-refractivity contribution in [2.24, 2.45) is 0 Å². The predicted octanol–water partition coefficient (Wildman–Crippen LogP) is 5.52. The molecule has 0 amide bonds. The van der Waals surface area contributed by atoms with Crippen LogP contribution in [0, 0.1) is 0 Å². The number of hydrogen-bond donors (Lipinski definition) is 2. The van der Waals surface area contributed by atoms with Crippen LogP contribution >= 0.6 is 11.6 Å². The summed E-state index contributed by atoms with van der Waals surface area (Å²) < 4.78 is 40.8. The predicted molar refractivity (Wildman–Crippen MR) is 158 cm³/mol. The average Bonchev–Trinajstić information content (AvgIpc) is 3.70. The Balaban J connectivity index is 0.000000493. The number of aliphatic carboxylic acids is 1. The van der Waals surface area contributed by atoms with Crippen molar-refractivity contribution in [2.75, 3.05) is 36.5 Å². The second-order valence-corrected chi connectivity index (χ2v) is 10.3. The van der Waals surface area contributed by atoms with Crippen molar-refractivity contribution in [1.29, 1.82) is 0 Å². The third kappa shape index (κ3) is 7.06. The Labute approximate surface area is 254 Å². The molecule has 1 saturated heterocycles. The Kier molecular flexibility index (Phi) is 8.96. The zero-order chi connectivity index (χ0) is 31.4. The van der Waals surface area contributed by atoms with Crippen LogP contribution < -0.4 is 10.2 Å². The van der Waals surface area contributed by atoms with Gasteiger partial charge in [0.1, 0.15) is 6.33 Å². The van der Waals surface area contributed by atoms with E-state index in [2.05, 4.69) is 44.2 Å². The van der Waals surface area contributed by atoms with E-state index in [-0.39, 0.29) is 6.04 Å². The Hall–Kier alpha value is -4.76. The van der Waals surface area contributed by atoms with Crippen LogP contribution in [0.15, 0.2) is 61.3 Å². The summed E-state index contributed by atoms with van der Waals surface area (Å²) in [5.74, 6) is -1.58. The lowest BCUT2D eigenvalue weighted by Crippen LogP contribution is -2.37. The first-order valence-electron chi connectivity index (χ1n) is 13.4. The number of carboxylic acids is 1. The molecule has 2 N–H and O–H groups in total. The molecule has 4 heterocycles. The fraction of sp³-hybridized carbons (Fsp3) is 0.286. The van der Waals surface area contributed by atoms with Gasteiger partial charge >= 0.3 is 12.1 Å². The van der Waals surface area contributed by atoms with E-state index in [4.69, 9.17) is 31.2 Å². The van der Waals surface area contributed by atoms with Crippen LogP contribution in [0.2, 0.25) is 5.02 Å². The molecule has 5 aromatic rings. The summed E-state index contributed by atoms with van der Waals surface area (Å²) in [6, 6.07) is 12.1. The van der Waals surface area contributed by atoms with Gasteiger partial charge in [-0.15, -0.1) is 5.10 Å². The number of aromatic nitrogens is 7. The summed E-state index contributed by atoms with van der Waals surface area (Å²) in [6.07, 6.45) is 2.24. The van der Waals surface area contributed by atoms with E-state index in [1.807, 2.05) is 53.5 Å². The number of morpholine rings is 1. The van der Waals surface area contributed by atoms with Crippen molar-refractivity contribution in [3.05, 3.63) is 66.3 Å². The molecular weight excluding hydrogens is 603 g/mol. The molecule has 0 unspecified atom stereocenters. The molecule has 1 aliphatic heterocycles. The maximum absolute atomic E-state index is 10.6. The van der Waals surface area contributed by atoms with Crippen LogP contribution in [-0.4, -0.2) is 78.1 Å². The first-order valence-corrected chi connectivity index (χ1v) is 13.8. The molecule has 0 radical (unpaired) electrons. The average molecular weight is 630 g/mol. The highest BCUT2D eigenvalue weighted by Crippen LogP contribution is 2.34. The molecule has 2 aromatic carbocycles. The Morgan fingerprint density at radius 2 is 1.77 bits per heavy atom. The van der Waals surface area contributed by atoms with Gasteiger partial charge in [0.2, 0.25) is 11.9 Å². The molecular formula is C28H27ClF3N9O3. The molecule has 44 heavy (non-hydrogen) atoms. The van der Waals surface area contributed by atoms with E-state index in [0.717, 1.165) is 41.0 Å². The largest absolute Gasteiger partial charge is 0.490 e.